The molecule has 2 rings (SSSR count). The van der Waals surface area contributed by atoms with Crippen molar-refractivity contribution in [3.8, 4) is 0 Å². The Labute approximate surface area is 94.5 Å². The van der Waals surface area contributed by atoms with Crippen LogP contribution >= 0.6 is 0 Å². The summed E-state index contributed by atoms with van der Waals surface area (Å²) in [5.74, 6) is 2.38. The lowest BCUT2D eigenvalue weighted by Crippen LogP contribution is -2.28. The Kier molecular flexibility index (Phi) is 2.56. The molecule has 1 saturated carbocycles. The van der Waals surface area contributed by atoms with Gasteiger partial charge in [0.05, 0.1) is 0 Å². The Hall–Kier alpha value is -0.520. The predicted octanol–water partition coefficient (Wildman–Crippen LogP) is 4.58. The summed E-state index contributed by atoms with van der Waals surface area (Å²) in [6.07, 6.45) is 6.63. The molecule has 2 aliphatic carbocycles. The molecule has 0 aromatic carbocycles. The van der Waals surface area contributed by atoms with Gasteiger partial charge in [-0.2, -0.15) is 0 Å². The zero-order chi connectivity index (χ0) is 11.2. The predicted molar refractivity (Wildman–Crippen MR) is 66.7 cm³/mol. The number of allylic oxidation sites excluding steroid dienone is 3. The van der Waals surface area contributed by atoms with E-state index in [4.69, 9.17) is 0 Å². The molecule has 2 aliphatic rings. The summed E-state index contributed by atoms with van der Waals surface area (Å²) in [5.41, 5.74) is 3.51. The molecular weight excluding hydrogens is 180 g/mol. The van der Waals surface area contributed by atoms with Crippen molar-refractivity contribution in [1.82, 2.24) is 0 Å². The first-order valence-corrected chi connectivity index (χ1v) is 6.29. The van der Waals surface area contributed by atoms with Crippen molar-refractivity contribution in [2.45, 2.75) is 47.0 Å². The van der Waals surface area contributed by atoms with Crippen LogP contribution in [0, 0.1) is 23.2 Å². The van der Waals surface area contributed by atoms with Crippen LogP contribution < -0.4 is 0 Å². The first kappa shape index (κ1) is 11.0. The zero-order valence-electron chi connectivity index (χ0n) is 10.6. The molecule has 0 unspecified atom stereocenters. The van der Waals surface area contributed by atoms with E-state index in [1.54, 1.807) is 5.57 Å². The Balaban J connectivity index is 2.35. The van der Waals surface area contributed by atoms with E-state index in [0.29, 0.717) is 5.41 Å². The van der Waals surface area contributed by atoms with Crippen LogP contribution in [-0.2, 0) is 0 Å². The molecule has 0 saturated heterocycles. The van der Waals surface area contributed by atoms with Crippen molar-refractivity contribution in [2.24, 2.45) is 23.2 Å². The summed E-state index contributed by atoms with van der Waals surface area (Å²) in [6, 6.07) is 0. The van der Waals surface area contributed by atoms with E-state index in [0.717, 1.165) is 17.8 Å². The van der Waals surface area contributed by atoms with E-state index in [1.165, 1.54) is 24.8 Å². The first-order valence-electron chi connectivity index (χ1n) is 6.29. The topological polar surface area (TPSA) is 0 Å². The Morgan fingerprint density at radius 1 is 1.40 bits per heavy atom. The van der Waals surface area contributed by atoms with Gasteiger partial charge in [0.2, 0.25) is 0 Å². The quantitative estimate of drug-likeness (QED) is 0.548. The van der Waals surface area contributed by atoms with Crippen LogP contribution in [0.4, 0.5) is 0 Å². The SMILES string of the molecule is C=C(C)[C@H]1CC(C)(C)C=C2[C@H](C)CC[C@@H]21. The number of hydrogen-bond donors (Lipinski definition) is 0. The lowest BCUT2D eigenvalue weighted by Gasteiger charge is -2.38. The van der Waals surface area contributed by atoms with Crippen LogP contribution in [0.5, 0.6) is 0 Å². The van der Waals surface area contributed by atoms with E-state index >= 15 is 0 Å². The van der Waals surface area contributed by atoms with Crippen LogP contribution in [0.25, 0.3) is 0 Å². The van der Waals surface area contributed by atoms with Gasteiger partial charge in [0, 0.05) is 0 Å². The summed E-state index contributed by atoms with van der Waals surface area (Å²) in [7, 11) is 0. The minimum atomic E-state index is 0.383. The van der Waals surface area contributed by atoms with Crippen LogP contribution in [-0.4, -0.2) is 0 Å². The summed E-state index contributed by atoms with van der Waals surface area (Å²) >= 11 is 0. The van der Waals surface area contributed by atoms with Gasteiger partial charge in [-0.3, -0.25) is 0 Å². The van der Waals surface area contributed by atoms with Gasteiger partial charge in [0.15, 0.2) is 0 Å². The standard InChI is InChI=1S/C15H24/c1-10(2)13-8-15(4,5)9-14-11(3)6-7-12(13)14/h9,11-13H,1,6-8H2,2-5H3/t11-,12-,13-/m1/s1. The van der Waals surface area contributed by atoms with Crippen molar-refractivity contribution in [3.05, 3.63) is 23.8 Å². The molecule has 0 amide bonds. The van der Waals surface area contributed by atoms with Crippen LogP contribution in [0.3, 0.4) is 0 Å². The van der Waals surface area contributed by atoms with Gasteiger partial charge in [-0.15, -0.1) is 0 Å². The summed E-state index contributed by atoms with van der Waals surface area (Å²) in [6.45, 7) is 13.6. The van der Waals surface area contributed by atoms with E-state index in [9.17, 15) is 0 Å². The van der Waals surface area contributed by atoms with Gasteiger partial charge >= 0.3 is 0 Å². The third kappa shape index (κ3) is 1.91. The monoisotopic (exact) mass is 204 g/mol. The summed E-state index contributed by atoms with van der Waals surface area (Å²) < 4.78 is 0. The van der Waals surface area contributed by atoms with Gasteiger partial charge in [-0.05, 0) is 49.4 Å². The van der Waals surface area contributed by atoms with Gasteiger partial charge in [0.25, 0.3) is 0 Å². The molecular formula is C15H24. The molecule has 84 valence electrons. The highest BCUT2D eigenvalue weighted by Gasteiger charge is 2.40. The maximum Gasteiger partial charge on any atom is -0.0134 e. The van der Waals surface area contributed by atoms with Gasteiger partial charge in [-0.1, -0.05) is 44.6 Å². The smallest absolute Gasteiger partial charge is 0.0134 e. The number of hydrogen-bond acceptors (Lipinski definition) is 0. The molecule has 1 fully saturated rings. The molecule has 0 aromatic rings. The molecule has 0 nitrogen and oxygen atoms in total. The molecule has 0 radical (unpaired) electrons. The number of fused-ring (bicyclic) bond motifs is 1. The van der Waals surface area contributed by atoms with E-state index in [1.807, 2.05) is 0 Å². The second kappa shape index (κ2) is 3.50. The molecule has 0 spiro atoms. The summed E-state index contributed by atoms with van der Waals surface area (Å²) in [4.78, 5) is 0. The largest absolute Gasteiger partial charge is 0.0998 e. The lowest BCUT2D eigenvalue weighted by molar-refractivity contribution is 0.275. The molecule has 0 bridgehead atoms. The van der Waals surface area contributed by atoms with E-state index in [2.05, 4.69) is 40.3 Å². The highest BCUT2D eigenvalue weighted by molar-refractivity contribution is 5.26. The molecule has 0 heterocycles. The molecule has 15 heavy (non-hydrogen) atoms. The molecule has 0 aromatic heterocycles. The average Bonchev–Trinajstić information content (AvgIpc) is 2.45. The van der Waals surface area contributed by atoms with Crippen molar-refractivity contribution >= 4 is 0 Å². The maximum absolute atomic E-state index is 4.20. The second-order valence-electron chi connectivity index (χ2n) is 6.37. The minimum Gasteiger partial charge on any atom is -0.0998 e. The number of rotatable bonds is 1. The molecule has 3 atom stereocenters. The van der Waals surface area contributed by atoms with Crippen LogP contribution in [0.1, 0.15) is 47.0 Å². The van der Waals surface area contributed by atoms with Crippen LogP contribution in [0.2, 0.25) is 0 Å². The fourth-order valence-electron chi connectivity index (χ4n) is 3.55. The normalized spacial score (nSPS) is 38.4. The third-order valence-corrected chi connectivity index (χ3v) is 4.33. The van der Waals surface area contributed by atoms with E-state index < -0.39 is 0 Å². The average molecular weight is 204 g/mol. The second-order valence-corrected chi connectivity index (χ2v) is 6.37. The van der Waals surface area contributed by atoms with Gasteiger partial charge < -0.3 is 0 Å². The fourth-order valence-corrected chi connectivity index (χ4v) is 3.55. The highest BCUT2D eigenvalue weighted by Crippen LogP contribution is 2.51. The van der Waals surface area contributed by atoms with E-state index in [-0.39, 0.29) is 0 Å². The maximum atomic E-state index is 4.20. The summed E-state index contributed by atoms with van der Waals surface area (Å²) in [5, 5.41) is 0. The Bertz CT molecular complexity index is 306. The Morgan fingerprint density at radius 2 is 2.07 bits per heavy atom. The first-order chi connectivity index (χ1) is 6.91. The van der Waals surface area contributed by atoms with Crippen LogP contribution in [0.15, 0.2) is 23.8 Å². The molecule has 0 aliphatic heterocycles. The lowest BCUT2D eigenvalue weighted by atomic mass is 9.66. The zero-order valence-corrected chi connectivity index (χ0v) is 10.6. The van der Waals surface area contributed by atoms with Crippen molar-refractivity contribution in [3.63, 3.8) is 0 Å². The third-order valence-electron chi connectivity index (χ3n) is 4.33. The van der Waals surface area contributed by atoms with Crippen molar-refractivity contribution in [1.29, 1.82) is 0 Å². The molecule has 0 N–H and O–H groups in total. The molecule has 0 heteroatoms. The van der Waals surface area contributed by atoms with Crippen molar-refractivity contribution < 1.29 is 0 Å². The van der Waals surface area contributed by atoms with Crippen molar-refractivity contribution in [2.75, 3.05) is 0 Å². The van der Waals surface area contributed by atoms with Gasteiger partial charge in [-0.25, -0.2) is 0 Å². The Morgan fingerprint density at radius 3 is 2.67 bits per heavy atom. The van der Waals surface area contributed by atoms with Gasteiger partial charge in [0.1, 0.15) is 0 Å². The highest BCUT2D eigenvalue weighted by atomic mass is 14.4. The minimum absolute atomic E-state index is 0.383. The fraction of sp³-hybridized carbons (Fsp3) is 0.733.